The van der Waals surface area contributed by atoms with Gasteiger partial charge in [-0.05, 0) is 24.1 Å². The molecule has 0 saturated heterocycles. The highest BCUT2D eigenvalue weighted by Crippen LogP contribution is 2.19. The number of hydrogen-bond acceptors (Lipinski definition) is 1. The molecule has 0 aromatic heterocycles. The molecule has 2 aromatic rings. The van der Waals surface area contributed by atoms with E-state index in [0.29, 0.717) is 0 Å². The molecular weight excluding hydrogens is 218 g/mol. The van der Waals surface area contributed by atoms with E-state index >= 15 is 0 Å². The molecule has 1 heterocycles. The maximum atomic E-state index is 4.57. The lowest BCUT2D eigenvalue weighted by molar-refractivity contribution is 1.11. The molecule has 2 aromatic carbocycles. The molecule has 0 radical (unpaired) electrons. The highest BCUT2D eigenvalue weighted by Gasteiger charge is 2.11. The van der Waals surface area contributed by atoms with Crippen LogP contribution in [0.5, 0.6) is 0 Å². The Hall–Kier alpha value is -2.15. The fraction of sp³-hybridized carbons (Fsp3) is 0.118. The summed E-state index contributed by atoms with van der Waals surface area (Å²) >= 11 is 0. The topological polar surface area (TPSA) is 12.4 Å². The van der Waals surface area contributed by atoms with Gasteiger partial charge in [0, 0.05) is 5.56 Å². The first-order chi connectivity index (χ1) is 8.83. The third-order valence-corrected chi connectivity index (χ3v) is 3.22. The van der Waals surface area contributed by atoms with Crippen molar-refractivity contribution in [2.45, 2.75) is 13.5 Å². The molecule has 0 saturated carbocycles. The molecule has 0 aliphatic carbocycles. The molecule has 0 amide bonds. The van der Waals surface area contributed by atoms with Crippen LogP contribution in [0.1, 0.15) is 22.3 Å². The van der Waals surface area contributed by atoms with E-state index < -0.39 is 0 Å². The van der Waals surface area contributed by atoms with Crippen LogP contribution in [0.4, 0.5) is 0 Å². The second kappa shape index (κ2) is 4.61. The largest absolute Gasteiger partial charge is 0.280 e. The van der Waals surface area contributed by atoms with Gasteiger partial charge in [-0.1, -0.05) is 60.2 Å². The van der Waals surface area contributed by atoms with E-state index in [2.05, 4.69) is 72.6 Å². The van der Waals surface area contributed by atoms with Crippen LogP contribution in [0.15, 0.2) is 59.6 Å². The van der Waals surface area contributed by atoms with Gasteiger partial charge in [0.1, 0.15) is 0 Å². The van der Waals surface area contributed by atoms with E-state index in [1.807, 2.05) is 0 Å². The molecule has 0 bridgehead atoms. The van der Waals surface area contributed by atoms with E-state index in [1.165, 1.54) is 22.3 Å². The van der Waals surface area contributed by atoms with E-state index in [4.69, 9.17) is 0 Å². The third-order valence-electron chi connectivity index (χ3n) is 3.22. The lowest BCUT2D eigenvalue weighted by Gasteiger charge is -1.98. The van der Waals surface area contributed by atoms with Crippen LogP contribution in [0, 0.1) is 6.92 Å². The van der Waals surface area contributed by atoms with Crippen LogP contribution in [0.2, 0.25) is 0 Å². The van der Waals surface area contributed by atoms with Gasteiger partial charge in [0.25, 0.3) is 0 Å². The van der Waals surface area contributed by atoms with Crippen LogP contribution < -0.4 is 0 Å². The fourth-order valence-corrected chi connectivity index (χ4v) is 2.16. The standard InChI is InChI=1S/C17H15N/c1-13-6-8-14(9-7-13)10-11-17-16-5-3-2-4-15(16)12-18-17/h2-11H,12H2,1H3/b11-10+. The first-order valence-corrected chi connectivity index (χ1v) is 6.20. The SMILES string of the molecule is Cc1ccc(/C=C/C2=NCc3ccccc32)cc1. The summed E-state index contributed by atoms with van der Waals surface area (Å²) in [5.74, 6) is 0. The fourth-order valence-electron chi connectivity index (χ4n) is 2.16. The average molecular weight is 233 g/mol. The summed E-state index contributed by atoms with van der Waals surface area (Å²) < 4.78 is 0. The number of rotatable bonds is 2. The second-order valence-electron chi connectivity index (χ2n) is 4.60. The molecule has 0 unspecified atom stereocenters. The Morgan fingerprint density at radius 2 is 1.72 bits per heavy atom. The van der Waals surface area contributed by atoms with Crippen LogP contribution in [0.3, 0.4) is 0 Å². The van der Waals surface area contributed by atoms with Gasteiger partial charge in [-0.2, -0.15) is 0 Å². The van der Waals surface area contributed by atoms with Crippen LogP contribution in [0.25, 0.3) is 6.08 Å². The van der Waals surface area contributed by atoms with Crippen LogP contribution in [-0.4, -0.2) is 5.71 Å². The number of aryl methyl sites for hydroxylation is 1. The van der Waals surface area contributed by atoms with E-state index in [0.717, 1.165) is 12.3 Å². The Bertz CT molecular complexity index is 618. The Balaban J connectivity index is 1.84. The summed E-state index contributed by atoms with van der Waals surface area (Å²) in [7, 11) is 0. The molecule has 1 aliphatic rings. The molecular formula is C17H15N. The van der Waals surface area contributed by atoms with E-state index in [1.54, 1.807) is 0 Å². The van der Waals surface area contributed by atoms with Crippen molar-refractivity contribution in [3.05, 3.63) is 76.9 Å². The highest BCUT2D eigenvalue weighted by molar-refractivity contribution is 6.13. The predicted octanol–water partition coefficient (Wildman–Crippen LogP) is 4.01. The van der Waals surface area contributed by atoms with Gasteiger partial charge in [-0.25, -0.2) is 0 Å². The zero-order valence-corrected chi connectivity index (χ0v) is 10.4. The molecule has 1 nitrogen and oxygen atoms in total. The normalized spacial score (nSPS) is 13.7. The molecule has 1 heteroatoms. The minimum Gasteiger partial charge on any atom is -0.280 e. The van der Waals surface area contributed by atoms with Gasteiger partial charge >= 0.3 is 0 Å². The van der Waals surface area contributed by atoms with Crippen LogP contribution in [-0.2, 0) is 6.54 Å². The predicted molar refractivity (Wildman–Crippen MR) is 76.9 cm³/mol. The molecule has 0 spiro atoms. The van der Waals surface area contributed by atoms with Crippen molar-refractivity contribution >= 4 is 11.8 Å². The summed E-state index contributed by atoms with van der Waals surface area (Å²) in [4.78, 5) is 4.57. The molecule has 0 atom stereocenters. The summed E-state index contributed by atoms with van der Waals surface area (Å²) in [5, 5.41) is 0. The average Bonchev–Trinajstić information content (AvgIpc) is 2.82. The molecule has 0 N–H and O–H groups in total. The molecule has 0 fully saturated rings. The van der Waals surface area contributed by atoms with Gasteiger partial charge in [-0.15, -0.1) is 0 Å². The van der Waals surface area contributed by atoms with E-state index in [-0.39, 0.29) is 0 Å². The molecule has 3 rings (SSSR count). The Kier molecular flexibility index (Phi) is 2.81. The maximum Gasteiger partial charge on any atom is 0.0654 e. The van der Waals surface area contributed by atoms with Gasteiger partial charge in [0.2, 0.25) is 0 Å². The van der Waals surface area contributed by atoms with Crippen LogP contribution >= 0.6 is 0 Å². The lowest BCUT2D eigenvalue weighted by Crippen LogP contribution is -1.92. The number of fused-ring (bicyclic) bond motifs is 1. The number of hydrogen-bond donors (Lipinski definition) is 0. The zero-order chi connectivity index (χ0) is 12.4. The first-order valence-electron chi connectivity index (χ1n) is 6.20. The summed E-state index contributed by atoms with van der Waals surface area (Å²) in [6, 6.07) is 16.9. The lowest BCUT2D eigenvalue weighted by atomic mass is 10.0. The Morgan fingerprint density at radius 1 is 0.944 bits per heavy atom. The smallest absolute Gasteiger partial charge is 0.0654 e. The van der Waals surface area contributed by atoms with Gasteiger partial charge in [0.15, 0.2) is 0 Å². The molecule has 88 valence electrons. The van der Waals surface area contributed by atoms with Gasteiger partial charge < -0.3 is 0 Å². The van der Waals surface area contributed by atoms with Crippen molar-refractivity contribution < 1.29 is 0 Å². The van der Waals surface area contributed by atoms with Gasteiger partial charge in [0.05, 0.1) is 12.3 Å². The minimum absolute atomic E-state index is 0.809. The summed E-state index contributed by atoms with van der Waals surface area (Å²) in [6.45, 7) is 2.91. The number of nitrogens with zero attached hydrogens (tertiary/aromatic N) is 1. The second-order valence-corrected chi connectivity index (χ2v) is 4.60. The zero-order valence-electron chi connectivity index (χ0n) is 10.4. The number of allylic oxidation sites excluding steroid dienone is 1. The maximum absolute atomic E-state index is 4.57. The Labute approximate surface area is 108 Å². The monoisotopic (exact) mass is 233 g/mol. The summed E-state index contributed by atoms with van der Waals surface area (Å²) in [5.41, 5.74) is 6.18. The molecule has 1 aliphatic heterocycles. The minimum atomic E-state index is 0.809. The van der Waals surface area contributed by atoms with Crippen molar-refractivity contribution in [1.82, 2.24) is 0 Å². The molecule has 18 heavy (non-hydrogen) atoms. The van der Waals surface area contributed by atoms with Crippen molar-refractivity contribution in [2.24, 2.45) is 4.99 Å². The third kappa shape index (κ3) is 2.12. The van der Waals surface area contributed by atoms with Crippen molar-refractivity contribution in [2.75, 3.05) is 0 Å². The number of benzene rings is 2. The first kappa shape index (κ1) is 11.0. The number of aliphatic imine (C=N–C) groups is 1. The Morgan fingerprint density at radius 3 is 2.56 bits per heavy atom. The highest BCUT2D eigenvalue weighted by atomic mass is 14.8. The van der Waals surface area contributed by atoms with Crippen molar-refractivity contribution in [1.29, 1.82) is 0 Å². The summed E-state index contributed by atoms with van der Waals surface area (Å²) in [6.07, 6.45) is 4.23. The van der Waals surface area contributed by atoms with E-state index in [9.17, 15) is 0 Å². The van der Waals surface area contributed by atoms with Crippen molar-refractivity contribution in [3.63, 3.8) is 0 Å². The van der Waals surface area contributed by atoms with Gasteiger partial charge in [-0.3, -0.25) is 4.99 Å². The van der Waals surface area contributed by atoms with Crippen molar-refractivity contribution in [3.8, 4) is 0 Å². The quantitative estimate of drug-likeness (QED) is 0.743.